The standard InChI is InChI=1S/C23H27ClN4O2/c1-16-13-28-21(14-27-16)7-5-4-6-18(12-25)10-19-11-20(15-29)23(22(24)17(19)2)30-9-8-26-3/h4-6,11-15,25-26H,7-10H2,1-3H3/b5-4+,18-6-,25-12?. The highest BCUT2D eigenvalue weighted by Gasteiger charge is 2.15. The fourth-order valence-corrected chi connectivity index (χ4v) is 3.04. The van der Waals surface area contributed by atoms with E-state index < -0.39 is 0 Å². The number of aromatic nitrogens is 2. The molecule has 0 fully saturated rings. The van der Waals surface area contributed by atoms with Gasteiger partial charge >= 0.3 is 0 Å². The van der Waals surface area contributed by atoms with Gasteiger partial charge in [0, 0.05) is 31.6 Å². The molecule has 0 unspecified atom stereocenters. The Labute approximate surface area is 182 Å². The number of nitrogens with zero attached hydrogens (tertiary/aromatic N) is 2. The number of likely N-dealkylation sites (N-methyl/N-ethyl adjacent to an activating group) is 1. The van der Waals surface area contributed by atoms with Crippen molar-refractivity contribution >= 4 is 24.1 Å². The summed E-state index contributed by atoms with van der Waals surface area (Å²) in [4.78, 5) is 20.1. The maximum atomic E-state index is 11.6. The number of allylic oxidation sites excluding steroid dienone is 4. The number of nitrogens with one attached hydrogen (secondary N) is 2. The molecular weight excluding hydrogens is 400 g/mol. The average Bonchev–Trinajstić information content (AvgIpc) is 2.76. The van der Waals surface area contributed by atoms with Crippen LogP contribution in [0.4, 0.5) is 0 Å². The van der Waals surface area contributed by atoms with E-state index in [2.05, 4.69) is 15.3 Å². The van der Waals surface area contributed by atoms with Crippen LogP contribution in [0.1, 0.15) is 32.9 Å². The van der Waals surface area contributed by atoms with Gasteiger partial charge in [-0.05, 0) is 50.1 Å². The van der Waals surface area contributed by atoms with Crippen LogP contribution in [-0.4, -0.2) is 42.7 Å². The molecule has 2 aromatic rings. The minimum absolute atomic E-state index is 0.405. The van der Waals surface area contributed by atoms with Crippen molar-refractivity contribution in [2.24, 2.45) is 0 Å². The van der Waals surface area contributed by atoms with E-state index in [9.17, 15) is 4.79 Å². The third-order valence-corrected chi connectivity index (χ3v) is 4.97. The van der Waals surface area contributed by atoms with E-state index in [1.54, 1.807) is 18.5 Å². The van der Waals surface area contributed by atoms with Gasteiger partial charge in [-0.1, -0.05) is 29.8 Å². The SMILES string of the molecule is CNCCOc1c(C=O)cc(C/C(C=N)=C/C=C/Cc2cnc(C)cn2)c(C)c1Cl. The summed E-state index contributed by atoms with van der Waals surface area (Å²) in [6, 6.07) is 1.78. The van der Waals surface area contributed by atoms with Gasteiger partial charge in [0.15, 0.2) is 6.29 Å². The molecule has 0 saturated heterocycles. The molecule has 1 aromatic carbocycles. The Morgan fingerprint density at radius 3 is 2.73 bits per heavy atom. The van der Waals surface area contributed by atoms with Crippen LogP contribution in [-0.2, 0) is 12.8 Å². The summed E-state index contributed by atoms with van der Waals surface area (Å²) in [6.45, 7) is 4.86. The van der Waals surface area contributed by atoms with Crippen molar-refractivity contribution in [1.29, 1.82) is 5.41 Å². The van der Waals surface area contributed by atoms with Crippen LogP contribution in [0.5, 0.6) is 5.75 Å². The monoisotopic (exact) mass is 426 g/mol. The molecule has 0 aliphatic rings. The second kappa shape index (κ2) is 12.0. The molecule has 0 atom stereocenters. The molecule has 0 saturated carbocycles. The van der Waals surface area contributed by atoms with Gasteiger partial charge in [0.25, 0.3) is 0 Å². The van der Waals surface area contributed by atoms with Crippen molar-refractivity contribution in [3.63, 3.8) is 0 Å². The number of carbonyl (C=O) groups excluding carboxylic acids is 1. The van der Waals surface area contributed by atoms with E-state index in [1.165, 1.54) is 6.21 Å². The molecule has 0 amide bonds. The van der Waals surface area contributed by atoms with Gasteiger partial charge in [0.2, 0.25) is 0 Å². The Bertz CT molecular complexity index is 937. The summed E-state index contributed by atoms with van der Waals surface area (Å²) in [5, 5.41) is 11.1. The first kappa shape index (κ1) is 23.4. The molecule has 30 heavy (non-hydrogen) atoms. The first-order valence-corrected chi connectivity index (χ1v) is 10.1. The summed E-state index contributed by atoms with van der Waals surface area (Å²) in [5.41, 5.74) is 4.70. The Balaban J connectivity index is 2.15. The zero-order valence-corrected chi connectivity index (χ0v) is 18.3. The van der Waals surface area contributed by atoms with Crippen molar-refractivity contribution in [2.45, 2.75) is 26.7 Å². The molecular formula is C23H27ClN4O2. The van der Waals surface area contributed by atoms with E-state index in [0.717, 1.165) is 34.4 Å². The van der Waals surface area contributed by atoms with E-state index in [4.69, 9.17) is 21.7 Å². The lowest BCUT2D eigenvalue weighted by Gasteiger charge is -2.16. The topological polar surface area (TPSA) is 88.0 Å². The average molecular weight is 427 g/mol. The summed E-state index contributed by atoms with van der Waals surface area (Å²) in [5.74, 6) is 0.405. The lowest BCUT2D eigenvalue weighted by molar-refractivity contribution is 0.111. The third-order valence-electron chi connectivity index (χ3n) is 4.52. The maximum absolute atomic E-state index is 11.6. The first-order valence-electron chi connectivity index (χ1n) is 9.68. The Hall–Kier alpha value is -2.83. The molecule has 158 valence electrons. The van der Waals surface area contributed by atoms with Gasteiger partial charge in [-0.3, -0.25) is 14.8 Å². The van der Waals surface area contributed by atoms with Gasteiger partial charge in [0.1, 0.15) is 12.4 Å². The smallest absolute Gasteiger partial charge is 0.153 e. The van der Waals surface area contributed by atoms with Crippen LogP contribution in [0.25, 0.3) is 0 Å². The minimum Gasteiger partial charge on any atom is -0.490 e. The normalized spacial score (nSPS) is 11.7. The van der Waals surface area contributed by atoms with Crippen LogP contribution in [0.2, 0.25) is 5.02 Å². The fourth-order valence-electron chi connectivity index (χ4n) is 2.76. The van der Waals surface area contributed by atoms with Gasteiger partial charge in [-0.2, -0.15) is 0 Å². The Kier molecular flexibility index (Phi) is 9.38. The number of carbonyl (C=O) groups is 1. The Morgan fingerprint density at radius 2 is 2.10 bits per heavy atom. The number of hydrogen-bond donors (Lipinski definition) is 2. The van der Waals surface area contributed by atoms with Gasteiger partial charge in [0.05, 0.1) is 22.0 Å². The highest BCUT2D eigenvalue weighted by Crippen LogP contribution is 2.34. The molecule has 0 aliphatic heterocycles. The van der Waals surface area contributed by atoms with Gasteiger partial charge in [-0.25, -0.2) is 0 Å². The molecule has 7 heteroatoms. The zero-order valence-electron chi connectivity index (χ0n) is 17.5. The van der Waals surface area contributed by atoms with Gasteiger partial charge < -0.3 is 15.5 Å². The van der Waals surface area contributed by atoms with Crippen molar-refractivity contribution in [2.75, 3.05) is 20.2 Å². The van der Waals surface area contributed by atoms with Crippen molar-refractivity contribution in [3.8, 4) is 5.75 Å². The molecule has 0 radical (unpaired) electrons. The van der Waals surface area contributed by atoms with Crippen LogP contribution in [0.15, 0.2) is 42.3 Å². The number of halogens is 1. The molecule has 0 spiro atoms. The second-order valence-corrected chi connectivity index (χ2v) is 7.18. The largest absolute Gasteiger partial charge is 0.490 e. The molecule has 1 heterocycles. The maximum Gasteiger partial charge on any atom is 0.153 e. The zero-order chi connectivity index (χ0) is 21.9. The first-order chi connectivity index (χ1) is 14.5. The van der Waals surface area contributed by atoms with Crippen LogP contribution >= 0.6 is 11.6 Å². The molecule has 1 aromatic heterocycles. The summed E-state index contributed by atoms with van der Waals surface area (Å²) in [6.07, 6.45) is 12.4. The van der Waals surface area contributed by atoms with Crippen molar-refractivity contribution < 1.29 is 9.53 Å². The fraction of sp³-hybridized carbons (Fsp3) is 0.304. The summed E-state index contributed by atoms with van der Waals surface area (Å²) < 4.78 is 5.69. The molecule has 2 N–H and O–H groups in total. The number of aryl methyl sites for hydroxylation is 1. The Morgan fingerprint density at radius 1 is 1.30 bits per heavy atom. The molecule has 2 rings (SSSR count). The number of benzene rings is 1. The molecule has 0 aliphatic carbocycles. The summed E-state index contributed by atoms with van der Waals surface area (Å²) >= 11 is 6.49. The molecule has 0 bridgehead atoms. The van der Waals surface area contributed by atoms with E-state index in [0.29, 0.717) is 42.3 Å². The van der Waals surface area contributed by atoms with E-state index >= 15 is 0 Å². The highest BCUT2D eigenvalue weighted by molar-refractivity contribution is 6.33. The lowest BCUT2D eigenvalue weighted by atomic mass is 9.97. The second-order valence-electron chi connectivity index (χ2n) is 6.81. The lowest BCUT2D eigenvalue weighted by Crippen LogP contribution is -2.17. The van der Waals surface area contributed by atoms with Crippen LogP contribution < -0.4 is 10.1 Å². The van der Waals surface area contributed by atoms with E-state index in [1.807, 2.05) is 39.1 Å². The van der Waals surface area contributed by atoms with Crippen molar-refractivity contribution in [3.05, 3.63) is 75.4 Å². The number of ether oxygens (including phenoxy) is 1. The number of rotatable bonds is 11. The minimum atomic E-state index is 0.405. The number of hydrogen-bond acceptors (Lipinski definition) is 6. The van der Waals surface area contributed by atoms with Crippen LogP contribution in [0.3, 0.4) is 0 Å². The van der Waals surface area contributed by atoms with Crippen LogP contribution in [0, 0.1) is 19.3 Å². The summed E-state index contributed by atoms with van der Waals surface area (Å²) in [7, 11) is 1.83. The van der Waals surface area contributed by atoms with Gasteiger partial charge in [-0.15, -0.1) is 0 Å². The molecule has 6 nitrogen and oxygen atoms in total. The quantitative estimate of drug-likeness (QED) is 0.244. The third kappa shape index (κ3) is 6.61. The number of aldehydes is 1. The van der Waals surface area contributed by atoms with Crippen molar-refractivity contribution in [1.82, 2.24) is 15.3 Å². The predicted octanol–water partition coefficient (Wildman–Crippen LogP) is 4.07. The van der Waals surface area contributed by atoms with E-state index in [-0.39, 0.29) is 0 Å². The predicted molar refractivity (Wildman–Crippen MR) is 121 cm³/mol. The highest BCUT2D eigenvalue weighted by atomic mass is 35.5.